The summed E-state index contributed by atoms with van der Waals surface area (Å²) in [6.07, 6.45) is 3.79. The van der Waals surface area contributed by atoms with E-state index in [1.54, 1.807) is 41.1 Å². The maximum atomic E-state index is 5.74. The van der Waals surface area contributed by atoms with E-state index in [1.165, 1.54) is 5.56 Å². The summed E-state index contributed by atoms with van der Waals surface area (Å²) in [4.78, 5) is 4.24. The van der Waals surface area contributed by atoms with Crippen LogP contribution < -0.4 is 4.74 Å². The molecule has 0 fully saturated rings. The molecule has 0 aliphatic heterocycles. The average molecular weight is 362 g/mol. The summed E-state index contributed by atoms with van der Waals surface area (Å²) in [6, 6.07) is 14.0. The molecule has 0 aliphatic rings. The van der Waals surface area contributed by atoms with Gasteiger partial charge in [-0.3, -0.25) is 4.98 Å². The highest BCUT2D eigenvalue weighted by molar-refractivity contribution is 8.02. The highest BCUT2D eigenvalue weighted by Crippen LogP contribution is 2.29. The van der Waals surface area contributed by atoms with Gasteiger partial charge in [-0.2, -0.15) is 0 Å². The summed E-state index contributed by atoms with van der Waals surface area (Å²) in [6.45, 7) is 0.483. The average Bonchev–Trinajstić information content (AvgIpc) is 3.08. The van der Waals surface area contributed by atoms with E-state index in [0.717, 1.165) is 25.9 Å². The molecule has 2 aromatic heterocycles. The Hall–Kier alpha value is -1.57. The van der Waals surface area contributed by atoms with Crippen molar-refractivity contribution in [2.75, 3.05) is 6.26 Å². The second-order valence-corrected chi connectivity index (χ2v) is 7.83. The van der Waals surface area contributed by atoms with E-state index in [4.69, 9.17) is 4.74 Å². The molecule has 1 aromatic carbocycles. The van der Waals surface area contributed by atoms with Gasteiger partial charge in [-0.1, -0.05) is 53.1 Å². The van der Waals surface area contributed by atoms with Gasteiger partial charge < -0.3 is 4.74 Å². The van der Waals surface area contributed by atoms with Gasteiger partial charge in [0.25, 0.3) is 0 Å². The lowest BCUT2D eigenvalue weighted by molar-refractivity contribution is 0.301. The molecule has 3 aromatic rings. The first-order chi connectivity index (χ1) is 11.3. The topological polar surface area (TPSA) is 47.9 Å². The monoisotopic (exact) mass is 361 g/mol. The highest BCUT2D eigenvalue weighted by Gasteiger charge is 2.04. The third kappa shape index (κ3) is 4.95. The lowest BCUT2D eigenvalue weighted by atomic mass is 10.2. The Morgan fingerprint density at radius 2 is 1.87 bits per heavy atom. The van der Waals surface area contributed by atoms with Crippen molar-refractivity contribution in [3.8, 4) is 5.75 Å². The van der Waals surface area contributed by atoms with Crippen molar-refractivity contribution in [3.05, 3.63) is 59.9 Å². The van der Waals surface area contributed by atoms with Gasteiger partial charge in [0.2, 0.25) is 0 Å². The fourth-order valence-corrected chi connectivity index (χ4v) is 4.20. The first-order valence-corrected chi connectivity index (χ1v) is 9.98. The van der Waals surface area contributed by atoms with Gasteiger partial charge in [-0.25, -0.2) is 0 Å². The Labute approximate surface area is 147 Å². The summed E-state index contributed by atoms with van der Waals surface area (Å²) in [5, 5.41) is 8.26. The maximum absolute atomic E-state index is 5.74. The molecule has 0 N–H and O–H groups in total. The van der Waals surface area contributed by atoms with Gasteiger partial charge in [0.1, 0.15) is 12.4 Å². The lowest BCUT2D eigenvalue weighted by Gasteiger charge is -2.06. The smallest absolute Gasteiger partial charge is 0.175 e. The minimum atomic E-state index is 0.483. The number of thioether (sulfide) groups is 2. The van der Waals surface area contributed by atoms with Gasteiger partial charge >= 0.3 is 0 Å². The maximum Gasteiger partial charge on any atom is 0.175 e. The molecule has 0 amide bonds. The summed E-state index contributed by atoms with van der Waals surface area (Å²) < 4.78 is 7.75. The van der Waals surface area contributed by atoms with Crippen molar-refractivity contribution in [3.63, 3.8) is 0 Å². The van der Waals surface area contributed by atoms with Crippen LogP contribution in [0.5, 0.6) is 5.75 Å². The Morgan fingerprint density at radius 1 is 1.04 bits per heavy atom. The lowest BCUT2D eigenvalue weighted by Crippen LogP contribution is -1.97. The number of hydrogen-bond donors (Lipinski definition) is 0. The van der Waals surface area contributed by atoms with Gasteiger partial charge in [0.15, 0.2) is 8.68 Å². The second kappa shape index (κ2) is 8.33. The fourth-order valence-electron chi connectivity index (χ4n) is 1.81. The van der Waals surface area contributed by atoms with Gasteiger partial charge in [0.05, 0.1) is 5.69 Å². The van der Waals surface area contributed by atoms with E-state index in [0.29, 0.717) is 6.61 Å². The molecule has 0 unspecified atom stereocenters. The zero-order valence-electron chi connectivity index (χ0n) is 12.5. The summed E-state index contributed by atoms with van der Waals surface area (Å²) in [5.41, 5.74) is 2.16. The standard InChI is InChI=1S/C16H15N3OS3/c1-21-15-18-19-16(23-15)22-11-12-5-7-14(8-6-12)20-10-13-4-2-3-9-17-13/h2-9H,10-11H2,1H3. The van der Waals surface area contributed by atoms with Crippen LogP contribution in [-0.2, 0) is 12.4 Å². The number of pyridine rings is 1. The quantitative estimate of drug-likeness (QED) is 0.576. The Balaban J connectivity index is 1.50. The van der Waals surface area contributed by atoms with Crippen molar-refractivity contribution < 1.29 is 4.74 Å². The number of ether oxygens (including phenoxy) is 1. The predicted molar refractivity (Wildman–Crippen MR) is 96.3 cm³/mol. The van der Waals surface area contributed by atoms with E-state index in [1.807, 2.05) is 36.6 Å². The zero-order chi connectivity index (χ0) is 15.9. The van der Waals surface area contributed by atoms with Crippen LogP contribution in [0, 0.1) is 0 Å². The summed E-state index contributed by atoms with van der Waals surface area (Å²) in [7, 11) is 0. The fraction of sp³-hybridized carbons (Fsp3) is 0.188. The SMILES string of the molecule is CSc1nnc(SCc2ccc(OCc3ccccn3)cc2)s1. The van der Waals surface area contributed by atoms with E-state index >= 15 is 0 Å². The number of nitrogens with zero attached hydrogens (tertiary/aromatic N) is 3. The third-order valence-corrected chi connectivity index (χ3v) is 6.06. The largest absolute Gasteiger partial charge is 0.487 e. The Morgan fingerprint density at radius 3 is 2.57 bits per heavy atom. The number of hydrogen-bond acceptors (Lipinski definition) is 7. The minimum Gasteiger partial charge on any atom is -0.487 e. The molecule has 23 heavy (non-hydrogen) atoms. The van der Waals surface area contributed by atoms with Crippen molar-refractivity contribution >= 4 is 34.9 Å². The highest BCUT2D eigenvalue weighted by atomic mass is 32.2. The van der Waals surface area contributed by atoms with Gasteiger partial charge in [-0.05, 0) is 36.1 Å². The van der Waals surface area contributed by atoms with Gasteiger partial charge in [-0.15, -0.1) is 10.2 Å². The Kier molecular flexibility index (Phi) is 5.90. The summed E-state index contributed by atoms with van der Waals surface area (Å²) in [5.74, 6) is 1.73. The van der Waals surface area contributed by atoms with E-state index in [9.17, 15) is 0 Å². The van der Waals surface area contributed by atoms with Crippen LogP contribution in [0.15, 0.2) is 57.3 Å². The van der Waals surface area contributed by atoms with Crippen LogP contribution in [-0.4, -0.2) is 21.4 Å². The molecule has 7 heteroatoms. The molecule has 0 atom stereocenters. The van der Waals surface area contributed by atoms with Crippen LogP contribution in [0.2, 0.25) is 0 Å². The number of rotatable bonds is 7. The molecular formula is C16H15N3OS3. The molecule has 118 valence electrons. The molecule has 0 radical (unpaired) electrons. The van der Waals surface area contributed by atoms with E-state index in [-0.39, 0.29) is 0 Å². The van der Waals surface area contributed by atoms with Gasteiger partial charge in [0, 0.05) is 11.9 Å². The van der Waals surface area contributed by atoms with Crippen molar-refractivity contribution in [1.29, 1.82) is 0 Å². The number of benzene rings is 1. The van der Waals surface area contributed by atoms with Crippen LogP contribution in [0.1, 0.15) is 11.3 Å². The second-order valence-electron chi connectivity index (χ2n) is 4.58. The van der Waals surface area contributed by atoms with Crippen LogP contribution in [0.4, 0.5) is 0 Å². The molecule has 0 spiro atoms. The first kappa shape index (κ1) is 16.3. The first-order valence-electron chi connectivity index (χ1n) is 6.95. The zero-order valence-corrected chi connectivity index (χ0v) is 15.0. The molecule has 0 saturated heterocycles. The van der Waals surface area contributed by atoms with Crippen molar-refractivity contribution in [2.45, 2.75) is 21.0 Å². The Bertz CT molecular complexity index is 732. The van der Waals surface area contributed by atoms with E-state index < -0.39 is 0 Å². The molecule has 4 nitrogen and oxygen atoms in total. The number of aromatic nitrogens is 3. The molecule has 2 heterocycles. The minimum absolute atomic E-state index is 0.483. The van der Waals surface area contributed by atoms with Crippen molar-refractivity contribution in [2.24, 2.45) is 0 Å². The van der Waals surface area contributed by atoms with Crippen LogP contribution >= 0.6 is 34.9 Å². The molecule has 0 saturated carbocycles. The molecule has 0 bridgehead atoms. The molecule has 3 rings (SSSR count). The third-order valence-electron chi connectivity index (χ3n) is 2.96. The van der Waals surface area contributed by atoms with E-state index in [2.05, 4.69) is 27.3 Å². The molecular weight excluding hydrogens is 346 g/mol. The summed E-state index contributed by atoms with van der Waals surface area (Å²) >= 11 is 4.97. The van der Waals surface area contributed by atoms with Crippen LogP contribution in [0.25, 0.3) is 0 Å². The van der Waals surface area contributed by atoms with Crippen molar-refractivity contribution in [1.82, 2.24) is 15.2 Å². The normalized spacial score (nSPS) is 10.7. The predicted octanol–water partition coefficient (Wildman–Crippen LogP) is 4.53. The molecule has 0 aliphatic carbocycles. The van der Waals surface area contributed by atoms with Crippen LogP contribution in [0.3, 0.4) is 0 Å².